The summed E-state index contributed by atoms with van der Waals surface area (Å²) in [5, 5.41) is 14.1. The van der Waals surface area contributed by atoms with Gasteiger partial charge in [-0.3, -0.25) is 0 Å². The summed E-state index contributed by atoms with van der Waals surface area (Å²) in [6.07, 6.45) is 18.3. The summed E-state index contributed by atoms with van der Waals surface area (Å²) in [4.78, 5) is 0. The molecule has 0 radical (unpaired) electrons. The topological polar surface area (TPSA) is 99.0 Å². The van der Waals surface area contributed by atoms with Crippen LogP contribution in [0.2, 0.25) is 13.3 Å². The van der Waals surface area contributed by atoms with E-state index in [4.69, 9.17) is 38.7 Å². The zero-order valence-corrected chi connectivity index (χ0v) is 39.7. The van der Waals surface area contributed by atoms with Crippen molar-refractivity contribution in [2.24, 2.45) is 52.3 Å². The quantitative estimate of drug-likeness (QED) is 0.0743. The normalized spacial score (nSPS) is 35.3. The molecule has 10 nitrogen and oxygen atoms in total. The van der Waals surface area contributed by atoms with Crippen LogP contribution >= 0.6 is 0 Å². The van der Waals surface area contributed by atoms with Crippen molar-refractivity contribution in [2.45, 2.75) is 176 Å². The van der Waals surface area contributed by atoms with Crippen LogP contribution in [0, 0.1) is 52.3 Å². The summed E-state index contributed by atoms with van der Waals surface area (Å²) in [7, 11) is 5.27. The van der Waals surface area contributed by atoms with Gasteiger partial charge in [0.2, 0.25) is 0 Å². The number of rotatable bonds is 24. The Kier molecular flexibility index (Phi) is 17.7. The number of nitrogens with zero attached hydrogens (tertiary/aromatic N) is 4. The molecule has 0 aliphatic heterocycles. The second-order valence-corrected chi connectivity index (χ2v) is 31.4. The van der Waals surface area contributed by atoms with Crippen molar-refractivity contribution in [2.75, 3.05) is 41.7 Å². The number of ether oxygens (including phenoxy) is 6. The summed E-state index contributed by atoms with van der Waals surface area (Å²) in [5.74, 6) is 4.69. The molecule has 11 heteroatoms. The van der Waals surface area contributed by atoms with Gasteiger partial charge in [0.15, 0.2) is 0 Å². The molecule has 4 saturated carbocycles. The number of unbranched alkanes of at least 4 members (excludes halogenated alkanes) is 3. The van der Waals surface area contributed by atoms with Crippen LogP contribution in [0.4, 0.5) is 0 Å². The monoisotopic (exact) mass is 883 g/mol. The van der Waals surface area contributed by atoms with Gasteiger partial charge in [0.1, 0.15) is 6.79 Å². The van der Waals surface area contributed by atoms with Crippen LogP contribution in [0.15, 0.2) is 0 Å². The van der Waals surface area contributed by atoms with Gasteiger partial charge >= 0.3 is 281 Å². The molecule has 1 heterocycles. The number of hydrogen-bond acceptors (Lipinski definition) is 9. The first-order chi connectivity index (χ1) is 26.6. The van der Waals surface area contributed by atoms with Crippen LogP contribution < -0.4 is 0 Å². The first-order valence-electron chi connectivity index (χ1n) is 22.7. The standard InChI is InChI=1S/C32H55N4O6.3C4H9.Sn/c1-8-22-24-15-21(40-17-37-5)11-13-31(24,3)23-12-14-32(4)25(28(23)30(22)42-19-39-7)16-26(41-18-38-6)29(32)20(2)9-10-27-33-35-36-34-27;3*1-3-4-2;/h20-26,28-30H,8-19H2,1-7H3;3*1,3-4H2,2H3;/q-1;;;;+1/t20-,21-,22-,23+,24+,25+,26+,28-,29+,30-,31-,32+;;;;/m1..../s1. The van der Waals surface area contributed by atoms with Crippen molar-refractivity contribution in [3.63, 3.8) is 0 Å². The summed E-state index contributed by atoms with van der Waals surface area (Å²) in [6.45, 7) is 18.3. The first kappa shape index (κ1) is 45.7. The van der Waals surface area contributed by atoms with Gasteiger partial charge in [-0.1, -0.05) is 6.92 Å². The Balaban J connectivity index is 1.44. The third kappa shape index (κ3) is 9.66. The second-order valence-electron chi connectivity index (χ2n) is 19.0. The third-order valence-electron chi connectivity index (χ3n) is 16.0. The average molecular weight is 882 g/mol. The number of hydrogen-bond donors (Lipinski definition) is 0. The van der Waals surface area contributed by atoms with E-state index in [1.165, 1.54) is 76.9 Å². The van der Waals surface area contributed by atoms with E-state index in [1.807, 2.05) is 0 Å². The predicted octanol–water partition coefficient (Wildman–Crippen LogP) is 9.92. The third-order valence-corrected chi connectivity index (χ3v) is 30.6. The van der Waals surface area contributed by atoms with Gasteiger partial charge in [-0.2, -0.15) is 0 Å². The molecular formula is C44H82N4O6Sn. The average Bonchev–Trinajstić information content (AvgIpc) is 3.79. The molecule has 0 amide bonds. The number of fused-ring (bicyclic) bond motifs is 5. The predicted molar refractivity (Wildman–Crippen MR) is 221 cm³/mol. The van der Waals surface area contributed by atoms with E-state index < -0.39 is 18.7 Å². The van der Waals surface area contributed by atoms with Gasteiger partial charge < -0.3 is 14.2 Å². The Labute approximate surface area is 340 Å². The van der Waals surface area contributed by atoms with E-state index in [0.717, 1.165) is 38.5 Å². The van der Waals surface area contributed by atoms with Gasteiger partial charge in [-0.15, -0.1) is 0 Å². The van der Waals surface area contributed by atoms with Gasteiger partial charge in [0.05, 0.1) is 6.10 Å². The molecular weight excluding hydrogens is 799 g/mol. The minimum atomic E-state index is -2.85. The van der Waals surface area contributed by atoms with Crippen LogP contribution in [-0.2, 0) is 34.8 Å². The zero-order valence-electron chi connectivity index (χ0n) is 36.9. The van der Waals surface area contributed by atoms with E-state index in [-0.39, 0.29) is 29.1 Å². The first-order valence-corrected chi connectivity index (χ1v) is 30.0. The molecule has 1 aromatic heterocycles. The van der Waals surface area contributed by atoms with E-state index in [2.05, 4.69) is 56.6 Å². The zero-order chi connectivity index (χ0) is 39.6. The second kappa shape index (κ2) is 21.2. The van der Waals surface area contributed by atoms with E-state index in [9.17, 15) is 0 Å². The van der Waals surface area contributed by atoms with E-state index >= 15 is 0 Å². The number of aryl methyl sites for hydroxylation is 1. The summed E-state index contributed by atoms with van der Waals surface area (Å²) >= 11 is -2.85. The minimum absolute atomic E-state index is 0.145. The van der Waals surface area contributed by atoms with Crippen molar-refractivity contribution in [1.29, 1.82) is 0 Å². The molecule has 0 saturated heterocycles. The van der Waals surface area contributed by atoms with Crippen molar-refractivity contribution in [3.05, 3.63) is 5.82 Å². The molecule has 4 aliphatic carbocycles. The van der Waals surface area contributed by atoms with Gasteiger partial charge in [0.25, 0.3) is 0 Å². The van der Waals surface area contributed by atoms with Gasteiger partial charge in [-0.05, 0) is 12.8 Å². The number of methoxy groups -OCH3 is 3. The fourth-order valence-electron chi connectivity index (χ4n) is 13.5. The molecule has 4 aliphatic rings. The van der Waals surface area contributed by atoms with Crippen molar-refractivity contribution >= 4 is 18.7 Å². The molecule has 55 heavy (non-hydrogen) atoms. The molecule has 318 valence electrons. The molecule has 0 aromatic carbocycles. The Morgan fingerprint density at radius 1 is 0.764 bits per heavy atom. The fourth-order valence-corrected chi connectivity index (χ4v) is 28.7. The molecule has 0 N–H and O–H groups in total. The van der Waals surface area contributed by atoms with Crippen LogP contribution in [0.3, 0.4) is 0 Å². The summed E-state index contributed by atoms with van der Waals surface area (Å²) in [6, 6.07) is 0. The number of aromatic nitrogens is 4. The molecule has 12 atom stereocenters. The molecule has 0 spiro atoms. The van der Waals surface area contributed by atoms with Crippen LogP contribution in [0.25, 0.3) is 0 Å². The van der Waals surface area contributed by atoms with Crippen LogP contribution in [0.5, 0.6) is 0 Å². The Morgan fingerprint density at radius 3 is 2.00 bits per heavy atom. The maximum atomic E-state index is 6.93. The molecule has 0 unspecified atom stereocenters. The maximum absolute atomic E-state index is 6.93. The number of tetrazole rings is 1. The van der Waals surface area contributed by atoms with Crippen molar-refractivity contribution in [3.8, 4) is 0 Å². The molecule has 4 fully saturated rings. The Bertz CT molecular complexity index is 1250. The molecule has 5 rings (SSSR count). The molecule has 1 aromatic rings. The molecule has 0 bridgehead atoms. The van der Waals surface area contributed by atoms with E-state index in [0.29, 0.717) is 61.8 Å². The van der Waals surface area contributed by atoms with Gasteiger partial charge in [-0.25, -0.2) is 0 Å². The fraction of sp³-hybridized carbons (Fsp3) is 0.977. The SMILES string of the molecule is CCC[CH2][Sn]([CH2]CCC)([CH2]CCC)[n]1nnnc1CC[C@@H](C)[C@H]1[C@@H](OCOC)C[C@H]2[C@@H]3[C@H](OCOC)[C@H](CC)[C@@H]4C[C@H](OCOC)CC[C@]4(C)[C@H]3CC[C@]12C. The Morgan fingerprint density at radius 2 is 1.38 bits per heavy atom. The summed E-state index contributed by atoms with van der Waals surface area (Å²) < 4.78 is 43.2. The van der Waals surface area contributed by atoms with Crippen LogP contribution in [-0.4, -0.2) is 97.1 Å². The van der Waals surface area contributed by atoms with E-state index in [1.54, 1.807) is 21.3 Å². The van der Waals surface area contributed by atoms with Crippen molar-refractivity contribution < 1.29 is 28.4 Å². The van der Waals surface area contributed by atoms with Crippen molar-refractivity contribution in [1.82, 2.24) is 18.4 Å². The Hall–Kier alpha value is -0.371. The van der Waals surface area contributed by atoms with Crippen LogP contribution in [0.1, 0.15) is 144 Å². The summed E-state index contributed by atoms with van der Waals surface area (Å²) in [5.41, 5.74) is 0.411. The van der Waals surface area contributed by atoms with Gasteiger partial charge in [0, 0.05) is 14.2 Å².